The molecule has 3 aromatic heterocycles. The van der Waals surface area contributed by atoms with E-state index in [0.29, 0.717) is 28.3 Å². The highest BCUT2D eigenvalue weighted by Gasteiger charge is 2.38. The van der Waals surface area contributed by atoms with Crippen molar-refractivity contribution in [3.8, 4) is 22.6 Å². The minimum absolute atomic E-state index is 0. The van der Waals surface area contributed by atoms with Crippen molar-refractivity contribution in [1.29, 1.82) is 0 Å². The Bertz CT molecular complexity index is 1450. The first-order valence-corrected chi connectivity index (χ1v) is 10.8. The lowest BCUT2D eigenvalue weighted by atomic mass is 9.89. The molecule has 0 aliphatic carbocycles. The molecule has 0 saturated heterocycles. The molecule has 1 aliphatic rings. The van der Waals surface area contributed by atoms with Gasteiger partial charge >= 0.3 is 0 Å². The molecule has 0 fully saturated rings. The van der Waals surface area contributed by atoms with E-state index < -0.39 is 11.7 Å². The van der Waals surface area contributed by atoms with E-state index in [1.165, 1.54) is 13.3 Å². The monoisotopic (exact) mass is 477 g/mol. The van der Waals surface area contributed by atoms with Crippen LogP contribution in [-0.2, 0) is 18.3 Å². The average molecular weight is 478 g/mol. The molecule has 4 aromatic rings. The fourth-order valence-electron chi connectivity index (χ4n) is 4.79. The Hall–Kier alpha value is -4.01. The van der Waals surface area contributed by atoms with Gasteiger partial charge in [-0.25, -0.2) is 4.39 Å². The summed E-state index contributed by atoms with van der Waals surface area (Å²) in [6.07, 6.45) is 6.35. The Kier molecular flexibility index (Phi) is 6.19. The highest BCUT2D eigenvalue weighted by atomic mass is 19.1. The smallest absolute Gasteiger partial charge is 0.234 e. The Labute approximate surface area is 203 Å². The van der Waals surface area contributed by atoms with Crippen LogP contribution in [-0.4, -0.2) is 46.9 Å². The van der Waals surface area contributed by atoms with Crippen LogP contribution in [0.4, 0.5) is 10.1 Å². The summed E-state index contributed by atoms with van der Waals surface area (Å²) in [5.41, 5.74) is 5.15. The van der Waals surface area contributed by atoms with Crippen molar-refractivity contribution < 1.29 is 18.7 Å². The predicted molar refractivity (Wildman–Crippen MR) is 133 cm³/mol. The Morgan fingerprint density at radius 3 is 2.46 bits per heavy atom. The number of methoxy groups -OCH3 is 2. The number of pyridine rings is 2. The number of ether oxygens (including phenoxy) is 2. The number of amides is 1. The maximum Gasteiger partial charge on any atom is 0.234 e. The maximum absolute atomic E-state index is 14.7. The second kappa shape index (κ2) is 8.98. The third-order valence-corrected chi connectivity index (χ3v) is 6.45. The molecule has 8 nitrogen and oxygen atoms in total. The number of fused-ring (bicyclic) bond motifs is 3. The molecular weight excluding hydrogens is 449 g/mol. The molecular formula is C26H28FN5O3. The molecule has 1 amide bonds. The van der Waals surface area contributed by atoms with Gasteiger partial charge in [-0.15, -0.1) is 0 Å². The number of aromatic nitrogens is 4. The molecule has 4 heterocycles. The van der Waals surface area contributed by atoms with Crippen molar-refractivity contribution in [2.24, 2.45) is 7.05 Å². The van der Waals surface area contributed by atoms with E-state index in [1.807, 2.05) is 32.3 Å². The zero-order chi connectivity index (χ0) is 24.1. The van der Waals surface area contributed by atoms with E-state index in [0.717, 1.165) is 34.0 Å². The van der Waals surface area contributed by atoms with Crippen LogP contribution in [0.5, 0.6) is 11.5 Å². The first-order chi connectivity index (χ1) is 16.3. The van der Waals surface area contributed by atoms with Crippen LogP contribution >= 0.6 is 0 Å². The fourth-order valence-corrected chi connectivity index (χ4v) is 4.79. The highest BCUT2D eigenvalue weighted by Crippen LogP contribution is 2.45. The molecule has 1 unspecified atom stereocenters. The topological polar surface area (TPSA) is 82.4 Å². The van der Waals surface area contributed by atoms with Crippen LogP contribution < -0.4 is 14.4 Å². The van der Waals surface area contributed by atoms with Crippen molar-refractivity contribution in [1.82, 2.24) is 19.7 Å². The molecule has 1 atom stereocenters. The van der Waals surface area contributed by atoms with Crippen LogP contribution in [0.25, 0.3) is 22.0 Å². The number of likely N-dealkylation sites (N-methyl/N-ethyl adjacent to an activating group) is 1. The number of anilines is 1. The third kappa shape index (κ3) is 3.77. The van der Waals surface area contributed by atoms with Crippen LogP contribution in [0.15, 0.2) is 36.9 Å². The van der Waals surface area contributed by atoms with Crippen LogP contribution in [0.3, 0.4) is 0 Å². The van der Waals surface area contributed by atoms with E-state index in [1.54, 1.807) is 29.9 Å². The van der Waals surface area contributed by atoms with Crippen LogP contribution in [0.2, 0.25) is 0 Å². The van der Waals surface area contributed by atoms with Crippen LogP contribution in [0.1, 0.15) is 30.2 Å². The number of carbonyl (C=O) groups excluding carboxylic acids is 1. The molecule has 0 saturated carbocycles. The summed E-state index contributed by atoms with van der Waals surface area (Å²) >= 11 is 0. The lowest BCUT2D eigenvalue weighted by molar-refractivity contribution is -0.119. The van der Waals surface area contributed by atoms with E-state index in [-0.39, 0.29) is 19.8 Å². The summed E-state index contributed by atoms with van der Waals surface area (Å²) in [7, 11) is 6.65. The van der Waals surface area contributed by atoms with Gasteiger partial charge in [-0.2, -0.15) is 5.10 Å². The number of hydrogen-bond acceptors (Lipinski definition) is 6. The Balaban J connectivity index is 0.00000289. The predicted octanol–water partition coefficient (Wildman–Crippen LogP) is 4.43. The van der Waals surface area contributed by atoms with E-state index >= 15 is 0 Å². The summed E-state index contributed by atoms with van der Waals surface area (Å²) in [6.45, 7) is 1.94. The summed E-state index contributed by atoms with van der Waals surface area (Å²) in [4.78, 5) is 23.4. The van der Waals surface area contributed by atoms with Gasteiger partial charge in [0, 0.05) is 48.4 Å². The normalized spacial score (nSPS) is 14.7. The van der Waals surface area contributed by atoms with Crippen LogP contribution in [0, 0.1) is 12.7 Å². The quantitative estimate of drug-likeness (QED) is 0.423. The Morgan fingerprint density at radius 1 is 1.06 bits per heavy atom. The number of benzene rings is 1. The summed E-state index contributed by atoms with van der Waals surface area (Å²) in [5.74, 6) is -0.261. The standard InChI is InChI=1S/C25H24FN5O3.CH4/c1-13-18(12-30(2)29-13)14-6-16-20(8-22(14)33-4)28-10-21-24(16)17(25(32)31(21)3)7-15-19(26)9-27-11-23(15)34-5;/h6,8-12,17H,7H2,1-5H3;1H4. The number of nitrogens with zero attached hydrogens (tertiary/aromatic N) is 5. The largest absolute Gasteiger partial charge is 0.496 e. The average Bonchev–Trinajstić information content (AvgIpc) is 3.29. The molecule has 0 N–H and O–H groups in total. The summed E-state index contributed by atoms with van der Waals surface area (Å²) < 4.78 is 27.5. The number of aryl methyl sites for hydroxylation is 2. The summed E-state index contributed by atoms with van der Waals surface area (Å²) in [5, 5.41) is 5.27. The lowest BCUT2D eigenvalue weighted by Gasteiger charge is -2.16. The van der Waals surface area contributed by atoms with Gasteiger partial charge in [0.2, 0.25) is 5.91 Å². The zero-order valence-corrected chi connectivity index (χ0v) is 19.6. The molecule has 35 heavy (non-hydrogen) atoms. The van der Waals surface area contributed by atoms with Gasteiger partial charge in [-0.05, 0) is 25.0 Å². The van der Waals surface area contributed by atoms with Gasteiger partial charge in [0.05, 0.1) is 55.6 Å². The lowest BCUT2D eigenvalue weighted by Crippen LogP contribution is -2.25. The first-order valence-electron chi connectivity index (χ1n) is 10.8. The third-order valence-electron chi connectivity index (χ3n) is 6.45. The van der Waals surface area contributed by atoms with Gasteiger partial charge in [0.1, 0.15) is 17.3 Å². The Morgan fingerprint density at radius 2 is 1.80 bits per heavy atom. The number of carbonyl (C=O) groups is 1. The molecule has 0 bridgehead atoms. The van der Waals surface area contributed by atoms with Gasteiger partial charge in [-0.1, -0.05) is 7.43 Å². The van der Waals surface area contributed by atoms with Gasteiger partial charge in [0.25, 0.3) is 0 Å². The molecule has 0 spiro atoms. The number of halogens is 1. The van der Waals surface area contributed by atoms with Crippen molar-refractivity contribution >= 4 is 22.5 Å². The van der Waals surface area contributed by atoms with Crippen molar-refractivity contribution in [3.63, 3.8) is 0 Å². The van der Waals surface area contributed by atoms with Crippen molar-refractivity contribution in [2.75, 3.05) is 26.2 Å². The summed E-state index contributed by atoms with van der Waals surface area (Å²) in [6, 6.07) is 3.86. The molecule has 9 heteroatoms. The van der Waals surface area contributed by atoms with Gasteiger partial charge in [0.15, 0.2) is 0 Å². The van der Waals surface area contributed by atoms with E-state index in [9.17, 15) is 9.18 Å². The number of rotatable bonds is 5. The van der Waals surface area contributed by atoms with Crippen molar-refractivity contribution in [2.45, 2.75) is 26.7 Å². The first kappa shape index (κ1) is 24.1. The molecule has 1 aliphatic heterocycles. The second-order valence-corrected chi connectivity index (χ2v) is 8.38. The fraction of sp³-hybridized carbons (Fsp3) is 0.308. The SMILES string of the molecule is C.COc1cc2ncc3c(c2cc1-c1cn(C)nc1C)C(Cc1c(F)cncc1OC)C(=O)N3C. The number of hydrogen-bond donors (Lipinski definition) is 0. The maximum atomic E-state index is 14.7. The second-order valence-electron chi connectivity index (χ2n) is 8.38. The van der Waals surface area contributed by atoms with E-state index in [4.69, 9.17) is 9.47 Å². The highest BCUT2D eigenvalue weighted by molar-refractivity contribution is 6.10. The van der Waals surface area contributed by atoms with E-state index in [2.05, 4.69) is 15.1 Å². The molecule has 5 rings (SSSR count). The molecule has 0 radical (unpaired) electrons. The minimum Gasteiger partial charge on any atom is -0.496 e. The minimum atomic E-state index is -0.604. The van der Waals surface area contributed by atoms with Gasteiger partial charge in [-0.3, -0.25) is 19.4 Å². The van der Waals surface area contributed by atoms with Gasteiger partial charge < -0.3 is 14.4 Å². The zero-order valence-electron chi connectivity index (χ0n) is 19.6. The van der Waals surface area contributed by atoms with Crippen molar-refractivity contribution in [3.05, 3.63) is 59.6 Å². The molecule has 1 aromatic carbocycles. The molecule has 182 valence electrons.